The summed E-state index contributed by atoms with van der Waals surface area (Å²) >= 11 is 12.4. The third-order valence-electron chi connectivity index (χ3n) is 5.35. The topological polar surface area (TPSA) is 49.4 Å². The summed E-state index contributed by atoms with van der Waals surface area (Å²) in [5.41, 5.74) is 2.76. The predicted octanol–water partition coefficient (Wildman–Crippen LogP) is 5.57. The minimum absolute atomic E-state index is 0.0407. The maximum Gasteiger partial charge on any atom is 0.243 e. The van der Waals surface area contributed by atoms with Gasteiger partial charge in [-0.25, -0.2) is 0 Å². The number of hydrogen-bond donors (Lipinski definition) is 1. The maximum absolute atomic E-state index is 13.4. The monoisotopic (exact) mass is 448 g/mol. The molecule has 162 valence electrons. The molecule has 30 heavy (non-hydrogen) atoms. The van der Waals surface area contributed by atoms with Crippen LogP contribution in [-0.2, 0) is 22.6 Å². The summed E-state index contributed by atoms with van der Waals surface area (Å²) in [6.45, 7) is 8.11. The van der Waals surface area contributed by atoms with Gasteiger partial charge >= 0.3 is 0 Å². The lowest BCUT2D eigenvalue weighted by molar-refractivity contribution is -0.141. The van der Waals surface area contributed by atoms with Crippen molar-refractivity contribution < 1.29 is 9.59 Å². The molecule has 2 aromatic carbocycles. The molecule has 0 saturated carbocycles. The smallest absolute Gasteiger partial charge is 0.243 e. The summed E-state index contributed by atoms with van der Waals surface area (Å²) < 4.78 is 0. The Morgan fingerprint density at radius 2 is 1.73 bits per heavy atom. The standard InChI is InChI=1S/C24H30Cl2N2O2/c1-5-17(4)27-24(30)22(6-2)28(15-19-11-12-20(25)14-21(19)26)23(29)13-18-10-8-7-9-16(18)3/h7-12,14,17,22H,5-6,13,15H2,1-4H3,(H,27,30)/t17-,22+/m0/s1. The van der Waals surface area contributed by atoms with Crippen LogP contribution in [0.2, 0.25) is 10.0 Å². The highest BCUT2D eigenvalue weighted by molar-refractivity contribution is 6.35. The van der Waals surface area contributed by atoms with Gasteiger partial charge in [0.1, 0.15) is 6.04 Å². The van der Waals surface area contributed by atoms with Gasteiger partial charge in [-0.3, -0.25) is 9.59 Å². The van der Waals surface area contributed by atoms with Crippen LogP contribution in [0.25, 0.3) is 0 Å². The first kappa shape index (κ1) is 24.2. The third kappa shape index (κ3) is 6.48. The Kier molecular flexibility index (Phi) is 9.19. The molecule has 2 amide bonds. The summed E-state index contributed by atoms with van der Waals surface area (Å²) in [6.07, 6.45) is 1.56. The molecule has 0 aromatic heterocycles. The van der Waals surface area contributed by atoms with E-state index < -0.39 is 6.04 Å². The molecule has 0 saturated heterocycles. The molecule has 2 aromatic rings. The number of benzene rings is 2. The molecule has 0 unspecified atom stereocenters. The van der Waals surface area contributed by atoms with E-state index in [-0.39, 0.29) is 30.8 Å². The van der Waals surface area contributed by atoms with Crippen LogP contribution < -0.4 is 5.32 Å². The van der Waals surface area contributed by atoms with Gasteiger partial charge in [0.2, 0.25) is 11.8 Å². The van der Waals surface area contributed by atoms with E-state index in [0.717, 1.165) is 23.1 Å². The van der Waals surface area contributed by atoms with E-state index >= 15 is 0 Å². The number of carbonyl (C=O) groups is 2. The van der Waals surface area contributed by atoms with Crippen LogP contribution in [0.1, 0.15) is 50.3 Å². The molecule has 1 N–H and O–H groups in total. The average Bonchev–Trinajstić information content (AvgIpc) is 2.70. The number of amides is 2. The lowest BCUT2D eigenvalue weighted by atomic mass is 10.0. The highest BCUT2D eigenvalue weighted by atomic mass is 35.5. The third-order valence-corrected chi connectivity index (χ3v) is 5.93. The second-order valence-electron chi connectivity index (χ2n) is 7.60. The Morgan fingerprint density at radius 1 is 1.03 bits per heavy atom. The summed E-state index contributed by atoms with van der Waals surface area (Å²) in [5, 5.41) is 4.02. The lowest BCUT2D eigenvalue weighted by Gasteiger charge is -2.32. The zero-order valence-corrected chi connectivity index (χ0v) is 19.6. The van der Waals surface area contributed by atoms with Crippen molar-refractivity contribution in [1.29, 1.82) is 0 Å². The van der Waals surface area contributed by atoms with Gasteiger partial charge in [-0.2, -0.15) is 0 Å². The van der Waals surface area contributed by atoms with Crippen LogP contribution in [0, 0.1) is 6.92 Å². The Morgan fingerprint density at radius 3 is 2.33 bits per heavy atom. The Bertz CT molecular complexity index is 885. The van der Waals surface area contributed by atoms with Gasteiger partial charge in [0.05, 0.1) is 6.42 Å². The molecule has 0 heterocycles. The van der Waals surface area contributed by atoms with Gasteiger partial charge in [0.15, 0.2) is 0 Å². The zero-order chi connectivity index (χ0) is 22.3. The number of nitrogens with one attached hydrogen (secondary N) is 1. The van der Waals surface area contributed by atoms with E-state index in [9.17, 15) is 9.59 Å². The number of rotatable bonds is 9. The molecule has 4 nitrogen and oxygen atoms in total. The van der Waals surface area contributed by atoms with Crippen molar-refractivity contribution in [3.63, 3.8) is 0 Å². The van der Waals surface area contributed by atoms with Gasteiger partial charge in [-0.1, -0.05) is 67.4 Å². The Balaban J connectivity index is 2.35. The van der Waals surface area contributed by atoms with Crippen molar-refractivity contribution in [1.82, 2.24) is 10.2 Å². The number of aryl methyl sites for hydroxylation is 1. The van der Waals surface area contributed by atoms with Gasteiger partial charge in [-0.05, 0) is 55.5 Å². The molecule has 0 aliphatic carbocycles. The lowest BCUT2D eigenvalue weighted by Crippen LogP contribution is -2.51. The van der Waals surface area contributed by atoms with E-state index in [4.69, 9.17) is 23.2 Å². The maximum atomic E-state index is 13.4. The van der Waals surface area contributed by atoms with Crippen molar-refractivity contribution in [3.05, 3.63) is 69.2 Å². The molecule has 0 spiro atoms. The molecular weight excluding hydrogens is 419 g/mol. The summed E-state index contributed by atoms with van der Waals surface area (Å²) in [5.74, 6) is -0.253. The first-order chi connectivity index (χ1) is 14.3. The molecule has 2 rings (SSSR count). The molecule has 0 aliphatic heterocycles. The summed E-state index contributed by atoms with van der Waals surface area (Å²) in [7, 11) is 0. The summed E-state index contributed by atoms with van der Waals surface area (Å²) in [6, 6.07) is 12.5. The SMILES string of the molecule is CC[C@H](C(=O)N[C@@H](C)CC)N(Cc1ccc(Cl)cc1Cl)C(=O)Cc1ccccc1C. The number of carbonyl (C=O) groups excluding carboxylic acids is 2. The number of halogens is 2. The Hall–Kier alpha value is -2.04. The van der Waals surface area contributed by atoms with Crippen LogP contribution in [0.3, 0.4) is 0 Å². The van der Waals surface area contributed by atoms with Crippen LogP contribution in [0.4, 0.5) is 0 Å². The van der Waals surface area contributed by atoms with E-state index in [1.54, 1.807) is 23.1 Å². The second-order valence-corrected chi connectivity index (χ2v) is 8.45. The van der Waals surface area contributed by atoms with Crippen LogP contribution in [0.5, 0.6) is 0 Å². The quantitative estimate of drug-likeness (QED) is 0.545. The van der Waals surface area contributed by atoms with Crippen LogP contribution >= 0.6 is 23.2 Å². The normalized spacial score (nSPS) is 12.9. The van der Waals surface area contributed by atoms with Gasteiger partial charge in [-0.15, -0.1) is 0 Å². The molecule has 2 atom stereocenters. The van der Waals surface area contributed by atoms with E-state index in [2.05, 4.69) is 5.32 Å². The van der Waals surface area contributed by atoms with Gasteiger partial charge in [0, 0.05) is 22.6 Å². The van der Waals surface area contributed by atoms with E-state index in [1.165, 1.54) is 0 Å². The molecular formula is C24H30Cl2N2O2. The van der Waals surface area contributed by atoms with E-state index in [0.29, 0.717) is 16.5 Å². The average molecular weight is 449 g/mol. The molecule has 0 aliphatic rings. The van der Waals surface area contributed by atoms with Crippen molar-refractivity contribution in [2.75, 3.05) is 0 Å². The van der Waals surface area contributed by atoms with E-state index in [1.807, 2.05) is 52.0 Å². The van der Waals surface area contributed by atoms with Gasteiger partial charge in [0.25, 0.3) is 0 Å². The predicted molar refractivity (Wildman–Crippen MR) is 124 cm³/mol. The second kappa shape index (κ2) is 11.4. The van der Waals surface area contributed by atoms with Crippen molar-refractivity contribution in [2.24, 2.45) is 0 Å². The molecule has 0 fully saturated rings. The first-order valence-electron chi connectivity index (χ1n) is 10.3. The number of hydrogen-bond acceptors (Lipinski definition) is 2. The fourth-order valence-corrected chi connectivity index (χ4v) is 3.74. The molecule has 6 heteroatoms. The van der Waals surface area contributed by atoms with Crippen molar-refractivity contribution >= 4 is 35.0 Å². The zero-order valence-electron chi connectivity index (χ0n) is 18.0. The largest absolute Gasteiger partial charge is 0.352 e. The van der Waals surface area contributed by atoms with Crippen LogP contribution in [0.15, 0.2) is 42.5 Å². The fraction of sp³-hybridized carbons (Fsp3) is 0.417. The fourth-order valence-electron chi connectivity index (χ4n) is 3.27. The first-order valence-corrected chi connectivity index (χ1v) is 11.1. The molecule has 0 radical (unpaired) electrons. The number of nitrogens with zero attached hydrogens (tertiary/aromatic N) is 1. The minimum atomic E-state index is -0.581. The Labute approximate surface area is 189 Å². The van der Waals surface area contributed by atoms with Crippen LogP contribution in [-0.4, -0.2) is 28.8 Å². The van der Waals surface area contributed by atoms with Gasteiger partial charge < -0.3 is 10.2 Å². The highest BCUT2D eigenvalue weighted by Gasteiger charge is 2.29. The summed E-state index contributed by atoms with van der Waals surface area (Å²) in [4.78, 5) is 28.0. The van der Waals surface area contributed by atoms with Crippen molar-refractivity contribution in [2.45, 2.75) is 65.6 Å². The highest BCUT2D eigenvalue weighted by Crippen LogP contribution is 2.24. The molecule has 0 bridgehead atoms. The minimum Gasteiger partial charge on any atom is -0.352 e. The van der Waals surface area contributed by atoms with Crippen molar-refractivity contribution in [3.8, 4) is 0 Å².